The summed E-state index contributed by atoms with van der Waals surface area (Å²) < 4.78 is 27.3. The normalized spacial score (nSPS) is 25.1. The lowest BCUT2D eigenvalue weighted by Crippen LogP contribution is -2.34. The Labute approximate surface area is 164 Å². The van der Waals surface area contributed by atoms with Gasteiger partial charge in [-0.1, -0.05) is 6.42 Å². The maximum atomic E-state index is 13.5. The maximum absolute atomic E-state index is 13.5. The van der Waals surface area contributed by atoms with Gasteiger partial charge in [0.05, 0.1) is 30.4 Å². The van der Waals surface area contributed by atoms with Gasteiger partial charge in [-0.2, -0.15) is 0 Å². The lowest BCUT2D eigenvalue weighted by molar-refractivity contribution is -0.134. The molecule has 5 rings (SSSR count). The number of hydrogen-bond donors (Lipinski definition) is 0. The molecule has 0 spiro atoms. The number of thiophene rings is 1. The third kappa shape index (κ3) is 2.70. The van der Waals surface area contributed by atoms with Gasteiger partial charge >= 0.3 is 0 Å². The van der Waals surface area contributed by atoms with Crippen LogP contribution in [0.15, 0.2) is 4.79 Å². The van der Waals surface area contributed by atoms with Crippen molar-refractivity contribution in [3.63, 3.8) is 0 Å². The van der Waals surface area contributed by atoms with Crippen LogP contribution in [0.25, 0.3) is 10.2 Å². The zero-order chi connectivity index (χ0) is 19.6. The van der Waals surface area contributed by atoms with Crippen molar-refractivity contribution in [1.82, 2.24) is 19.4 Å². The quantitative estimate of drug-likeness (QED) is 0.766. The van der Waals surface area contributed by atoms with Crippen molar-refractivity contribution >= 4 is 27.5 Å². The van der Waals surface area contributed by atoms with E-state index < -0.39 is 6.43 Å². The highest BCUT2D eigenvalue weighted by atomic mass is 32.1. The Morgan fingerprint density at radius 2 is 2.07 bits per heavy atom. The molecule has 9 heteroatoms. The van der Waals surface area contributed by atoms with Crippen molar-refractivity contribution in [2.24, 2.45) is 5.92 Å². The molecule has 0 saturated heterocycles. The van der Waals surface area contributed by atoms with E-state index in [0.717, 1.165) is 29.7 Å². The number of carbonyl (C=O) groups excluding carboxylic acids is 1. The van der Waals surface area contributed by atoms with Gasteiger partial charge in [-0.15, -0.1) is 11.3 Å². The fraction of sp³-hybridized carbons (Fsp3) is 0.632. The standard InChI is InChI=1S/C19H22F2N4O2S/c1-23-9-15-22-17-16(11-5-6-24(8-14(20)21)7-13(11)28-17)19(27)25(15)12-4-2-3-10(12)18(23)26/h10,12,14H,2-9H2,1H3/t10-,12+/m0/s1. The second-order valence-corrected chi connectivity index (χ2v) is 9.15. The van der Waals surface area contributed by atoms with Gasteiger partial charge in [0, 0.05) is 25.0 Å². The second-order valence-electron chi connectivity index (χ2n) is 8.06. The lowest BCUT2D eigenvalue weighted by atomic mass is 10.0. The van der Waals surface area contributed by atoms with Gasteiger partial charge in [0.15, 0.2) is 0 Å². The van der Waals surface area contributed by atoms with E-state index in [1.807, 2.05) is 0 Å². The molecule has 2 atom stereocenters. The van der Waals surface area contributed by atoms with Crippen molar-refractivity contribution < 1.29 is 13.6 Å². The number of hydrogen-bond acceptors (Lipinski definition) is 5. The zero-order valence-electron chi connectivity index (χ0n) is 15.7. The Bertz CT molecular complexity index is 1020. The number of rotatable bonds is 2. The number of carbonyl (C=O) groups is 1. The van der Waals surface area contributed by atoms with Crippen LogP contribution in [-0.4, -0.2) is 51.8 Å². The molecule has 2 aromatic rings. The van der Waals surface area contributed by atoms with Crippen molar-refractivity contribution in [1.29, 1.82) is 0 Å². The fourth-order valence-corrected chi connectivity index (χ4v) is 6.34. The summed E-state index contributed by atoms with van der Waals surface area (Å²) in [5.41, 5.74) is 0.914. The molecule has 1 amide bonds. The first-order chi connectivity index (χ1) is 13.4. The molecule has 4 heterocycles. The highest BCUT2D eigenvalue weighted by Gasteiger charge is 2.41. The molecule has 1 saturated carbocycles. The summed E-state index contributed by atoms with van der Waals surface area (Å²) in [6.07, 6.45) is 0.790. The molecule has 28 heavy (non-hydrogen) atoms. The molecule has 6 nitrogen and oxygen atoms in total. The highest BCUT2D eigenvalue weighted by molar-refractivity contribution is 7.18. The molecular weight excluding hydrogens is 386 g/mol. The van der Waals surface area contributed by atoms with Crippen LogP contribution in [0, 0.1) is 5.92 Å². The summed E-state index contributed by atoms with van der Waals surface area (Å²) in [7, 11) is 1.77. The van der Waals surface area contributed by atoms with Gasteiger partial charge in [0.2, 0.25) is 5.91 Å². The monoisotopic (exact) mass is 408 g/mol. The van der Waals surface area contributed by atoms with E-state index in [4.69, 9.17) is 4.98 Å². The van der Waals surface area contributed by atoms with Gasteiger partial charge in [0.25, 0.3) is 12.0 Å². The first-order valence-electron chi connectivity index (χ1n) is 9.75. The van der Waals surface area contributed by atoms with Crippen LogP contribution < -0.4 is 5.56 Å². The zero-order valence-corrected chi connectivity index (χ0v) is 16.5. The predicted molar refractivity (Wildman–Crippen MR) is 102 cm³/mol. The smallest absolute Gasteiger partial charge is 0.262 e. The first kappa shape index (κ1) is 18.2. The molecule has 150 valence electrons. The van der Waals surface area contributed by atoms with E-state index >= 15 is 0 Å². The summed E-state index contributed by atoms with van der Waals surface area (Å²) >= 11 is 1.44. The van der Waals surface area contributed by atoms with Crippen molar-refractivity contribution in [2.45, 2.75) is 51.2 Å². The summed E-state index contributed by atoms with van der Waals surface area (Å²) in [4.78, 5) is 36.1. The van der Waals surface area contributed by atoms with Gasteiger partial charge in [0.1, 0.15) is 10.7 Å². The summed E-state index contributed by atoms with van der Waals surface area (Å²) in [6.45, 7) is 1.06. The van der Waals surface area contributed by atoms with Crippen molar-refractivity contribution in [3.8, 4) is 0 Å². The van der Waals surface area contributed by atoms with E-state index in [2.05, 4.69) is 0 Å². The van der Waals surface area contributed by atoms with Crippen molar-refractivity contribution in [3.05, 3.63) is 26.6 Å². The molecule has 1 fully saturated rings. The number of amides is 1. The van der Waals surface area contributed by atoms with Gasteiger partial charge in [-0.25, -0.2) is 13.8 Å². The topological polar surface area (TPSA) is 58.4 Å². The number of nitrogens with zero attached hydrogens (tertiary/aromatic N) is 4. The molecule has 0 bridgehead atoms. The van der Waals surface area contributed by atoms with Gasteiger partial charge in [-0.05, 0) is 24.8 Å². The number of halogens is 2. The predicted octanol–water partition coefficient (Wildman–Crippen LogP) is 2.39. The molecule has 2 aromatic heterocycles. The summed E-state index contributed by atoms with van der Waals surface area (Å²) in [6, 6.07) is -0.119. The minimum absolute atomic E-state index is 0.0557. The number of alkyl halides is 2. The highest BCUT2D eigenvalue weighted by Crippen LogP contribution is 2.40. The van der Waals surface area contributed by atoms with Crippen LogP contribution in [0.1, 0.15) is 41.6 Å². The molecule has 0 radical (unpaired) electrons. The molecule has 0 aromatic carbocycles. The summed E-state index contributed by atoms with van der Waals surface area (Å²) in [5, 5.41) is 0.642. The van der Waals surface area contributed by atoms with E-state index in [1.54, 1.807) is 21.4 Å². The third-order valence-electron chi connectivity index (χ3n) is 6.34. The Hall–Kier alpha value is -1.87. The van der Waals surface area contributed by atoms with E-state index in [0.29, 0.717) is 42.1 Å². The van der Waals surface area contributed by atoms with E-state index in [9.17, 15) is 18.4 Å². The molecule has 1 aliphatic carbocycles. The molecule has 0 unspecified atom stereocenters. The third-order valence-corrected chi connectivity index (χ3v) is 7.45. The Kier molecular flexibility index (Phi) is 4.28. The lowest BCUT2D eigenvalue weighted by Gasteiger charge is -2.26. The summed E-state index contributed by atoms with van der Waals surface area (Å²) in [5.74, 6) is 0.588. The molecular formula is C19H22F2N4O2S. The average Bonchev–Trinajstić information content (AvgIpc) is 3.22. The van der Waals surface area contributed by atoms with Gasteiger partial charge in [-0.3, -0.25) is 19.1 Å². The van der Waals surface area contributed by atoms with E-state index in [1.165, 1.54) is 11.3 Å². The second kappa shape index (κ2) is 6.59. The van der Waals surface area contributed by atoms with Crippen LogP contribution in [0.4, 0.5) is 8.78 Å². The van der Waals surface area contributed by atoms with Crippen LogP contribution in [0.3, 0.4) is 0 Å². The number of aromatic nitrogens is 2. The largest absolute Gasteiger partial charge is 0.338 e. The maximum Gasteiger partial charge on any atom is 0.262 e. The van der Waals surface area contributed by atoms with Gasteiger partial charge < -0.3 is 4.90 Å². The Balaban J connectivity index is 1.64. The van der Waals surface area contributed by atoms with Crippen LogP contribution in [0.5, 0.6) is 0 Å². The molecule has 3 aliphatic rings. The fourth-order valence-electron chi connectivity index (χ4n) is 5.07. The minimum atomic E-state index is -2.36. The SMILES string of the molecule is CN1Cc2nc3sc4c(c3c(=O)n2[C@@H]2CCC[C@@H]2C1=O)CCN(CC(F)F)C4. The number of fused-ring (bicyclic) bond motifs is 6. The first-order valence-corrected chi connectivity index (χ1v) is 10.6. The Morgan fingerprint density at radius 3 is 2.86 bits per heavy atom. The average molecular weight is 408 g/mol. The molecule has 2 aliphatic heterocycles. The van der Waals surface area contributed by atoms with Crippen LogP contribution in [-0.2, 0) is 24.3 Å². The Morgan fingerprint density at radius 1 is 1.25 bits per heavy atom. The minimum Gasteiger partial charge on any atom is -0.338 e. The van der Waals surface area contributed by atoms with Crippen LogP contribution >= 0.6 is 11.3 Å². The van der Waals surface area contributed by atoms with Crippen LogP contribution in [0.2, 0.25) is 0 Å². The molecule has 0 N–H and O–H groups in total. The van der Waals surface area contributed by atoms with E-state index in [-0.39, 0.29) is 30.0 Å². The van der Waals surface area contributed by atoms with Crippen molar-refractivity contribution in [2.75, 3.05) is 20.1 Å².